The van der Waals surface area contributed by atoms with Crippen LogP contribution in [-0.2, 0) is 36.0 Å². The molecule has 3 aromatic carbocycles. The van der Waals surface area contributed by atoms with E-state index in [2.05, 4.69) is 0 Å². The topological polar surface area (TPSA) is 139 Å². The molecule has 0 spiro atoms. The molecule has 3 aromatic rings. The van der Waals surface area contributed by atoms with Gasteiger partial charge in [-0.2, -0.15) is 4.31 Å². The highest BCUT2D eigenvalue weighted by Gasteiger charge is 2.32. The molecule has 10 nitrogen and oxygen atoms in total. The first-order valence-electron chi connectivity index (χ1n) is 14.2. The molecule has 220 valence electrons. The number of carbonyl (C=O) groups is 2. The van der Waals surface area contributed by atoms with Gasteiger partial charge < -0.3 is 25.1 Å². The van der Waals surface area contributed by atoms with Crippen LogP contribution in [0.2, 0.25) is 0 Å². The maximum absolute atomic E-state index is 13.7. The Bertz CT molecular complexity index is 1680. The summed E-state index contributed by atoms with van der Waals surface area (Å²) < 4.78 is 28.0. The van der Waals surface area contributed by atoms with Gasteiger partial charge in [0.15, 0.2) is 11.5 Å². The highest BCUT2D eigenvalue weighted by atomic mass is 32.2. The lowest BCUT2D eigenvalue weighted by molar-refractivity contribution is 0.0727. The number of phenolic OH excluding ortho intramolecular Hbond substituents is 3. The minimum atomic E-state index is -3.66. The number of fused-ring (bicyclic) bond motifs is 2. The molecule has 6 rings (SSSR count). The fraction of sp³-hybridized carbons (Fsp3) is 0.355. The van der Waals surface area contributed by atoms with Gasteiger partial charge in [0.05, 0.1) is 16.0 Å². The van der Waals surface area contributed by atoms with Crippen molar-refractivity contribution in [2.24, 2.45) is 0 Å². The normalized spacial score (nSPS) is 17.4. The fourth-order valence-electron chi connectivity index (χ4n) is 6.11. The van der Waals surface area contributed by atoms with E-state index in [0.29, 0.717) is 44.6 Å². The maximum Gasteiger partial charge on any atom is 0.258 e. The molecule has 0 unspecified atom stereocenters. The molecule has 1 fully saturated rings. The van der Waals surface area contributed by atoms with Crippen LogP contribution in [0.25, 0.3) is 0 Å². The molecule has 0 aliphatic carbocycles. The highest BCUT2D eigenvalue weighted by Crippen LogP contribution is 2.42. The van der Waals surface area contributed by atoms with Gasteiger partial charge in [0.25, 0.3) is 11.8 Å². The summed E-state index contributed by atoms with van der Waals surface area (Å²) in [7, 11) is -3.66. The van der Waals surface area contributed by atoms with Crippen molar-refractivity contribution < 1.29 is 33.3 Å². The van der Waals surface area contributed by atoms with Crippen LogP contribution >= 0.6 is 0 Å². The number of rotatable bonds is 4. The number of aromatic hydroxyl groups is 3. The molecule has 0 bridgehead atoms. The third-order valence-electron chi connectivity index (χ3n) is 8.56. The van der Waals surface area contributed by atoms with Gasteiger partial charge in [0, 0.05) is 39.3 Å². The Morgan fingerprint density at radius 2 is 1.17 bits per heavy atom. The monoisotopic (exact) mass is 591 g/mol. The molecular weight excluding hydrogens is 558 g/mol. The average Bonchev–Trinajstić information content (AvgIpc) is 3.02. The van der Waals surface area contributed by atoms with Gasteiger partial charge in [-0.05, 0) is 66.1 Å². The summed E-state index contributed by atoms with van der Waals surface area (Å²) in [4.78, 5) is 30.3. The predicted octanol–water partition coefficient (Wildman–Crippen LogP) is 3.38. The largest absolute Gasteiger partial charge is 0.504 e. The van der Waals surface area contributed by atoms with Crippen molar-refractivity contribution >= 4 is 21.8 Å². The number of sulfonamides is 1. The van der Waals surface area contributed by atoms with Crippen LogP contribution in [0.3, 0.4) is 0 Å². The molecular formula is C31H33N3O7S. The number of phenols is 3. The van der Waals surface area contributed by atoms with E-state index in [1.807, 2.05) is 24.3 Å². The van der Waals surface area contributed by atoms with E-state index < -0.39 is 39.1 Å². The Morgan fingerprint density at radius 3 is 1.79 bits per heavy atom. The van der Waals surface area contributed by atoms with E-state index in [1.54, 1.807) is 18.2 Å². The standard InChI is InChI=1S/C31H33N3O7S/c35-27-25(30(38)32-14-10-20-6-2-3-7-22(20)18-32)17-26(28(36)29(27)37)31(39)33-15-11-21-8-9-24(16-23(21)19-33)42(40,41)34-12-4-1-5-13-34/h2-3,6-9,16-17,35-37H,1,4-5,10-15,18-19H2. The lowest BCUT2D eigenvalue weighted by Gasteiger charge is -2.31. The second-order valence-corrected chi connectivity index (χ2v) is 13.1. The van der Waals surface area contributed by atoms with Crippen molar-refractivity contribution in [2.75, 3.05) is 26.2 Å². The number of hydrogen-bond acceptors (Lipinski definition) is 7. The van der Waals surface area contributed by atoms with Crippen molar-refractivity contribution in [3.63, 3.8) is 0 Å². The summed E-state index contributed by atoms with van der Waals surface area (Å²) in [6.45, 7) is 2.05. The molecule has 3 aliphatic heterocycles. The SMILES string of the molecule is O=C(c1cc(C(=O)N2CCc3ccc(S(=O)(=O)N4CCCCC4)cc3C2)c(O)c(O)c1O)N1CCc2ccccc2C1. The summed E-state index contributed by atoms with van der Waals surface area (Å²) in [6, 6.07) is 13.9. The Kier molecular flexibility index (Phi) is 7.32. The molecule has 3 heterocycles. The molecule has 0 atom stereocenters. The number of nitrogens with zero attached hydrogens (tertiary/aromatic N) is 3. The van der Waals surface area contributed by atoms with Crippen molar-refractivity contribution in [3.05, 3.63) is 81.9 Å². The number of carbonyl (C=O) groups excluding carboxylic acids is 2. The first kappa shape index (κ1) is 28.0. The Balaban J connectivity index is 1.26. The summed E-state index contributed by atoms with van der Waals surface area (Å²) in [6.07, 6.45) is 3.75. The second kappa shape index (κ2) is 11.0. The minimum Gasteiger partial charge on any atom is -0.504 e. The van der Waals surface area contributed by atoms with Crippen molar-refractivity contribution in [1.29, 1.82) is 0 Å². The van der Waals surface area contributed by atoms with Gasteiger partial charge in [-0.15, -0.1) is 0 Å². The van der Waals surface area contributed by atoms with E-state index in [9.17, 15) is 33.3 Å². The van der Waals surface area contributed by atoms with Crippen LogP contribution in [-0.4, -0.2) is 75.8 Å². The molecule has 3 aliphatic rings. The number of benzene rings is 3. The number of amides is 2. The predicted molar refractivity (Wildman–Crippen MR) is 154 cm³/mol. The fourth-order valence-corrected chi connectivity index (χ4v) is 7.67. The van der Waals surface area contributed by atoms with E-state index in [0.717, 1.165) is 42.0 Å². The average molecular weight is 592 g/mol. The van der Waals surface area contributed by atoms with Gasteiger partial charge in [-0.1, -0.05) is 36.8 Å². The summed E-state index contributed by atoms with van der Waals surface area (Å²) >= 11 is 0. The van der Waals surface area contributed by atoms with E-state index in [-0.39, 0.29) is 29.1 Å². The van der Waals surface area contributed by atoms with E-state index >= 15 is 0 Å². The quantitative estimate of drug-likeness (QED) is 0.396. The molecule has 0 saturated carbocycles. The van der Waals surface area contributed by atoms with Crippen LogP contribution in [0.1, 0.15) is 62.2 Å². The first-order chi connectivity index (χ1) is 20.1. The molecule has 11 heteroatoms. The first-order valence-corrected chi connectivity index (χ1v) is 15.6. The molecule has 1 saturated heterocycles. The van der Waals surface area contributed by atoms with Crippen molar-refractivity contribution in [1.82, 2.24) is 14.1 Å². The van der Waals surface area contributed by atoms with Gasteiger partial charge >= 0.3 is 0 Å². The molecule has 0 aromatic heterocycles. The Morgan fingerprint density at radius 1 is 0.619 bits per heavy atom. The van der Waals surface area contributed by atoms with Gasteiger partial charge in [0.1, 0.15) is 0 Å². The third-order valence-corrected chi connectivity index (χ3v) is 10.5. The second-order valence-electron chi connectivity index (χ2n) is 11.1. The van der Waals surface area contributed by atoms with Crippen LogP contribution in [0.5, 0.6) is 17.2 Å². The van der Waals surface area contributed by atoms with Crippen molar-refractivity contribution in [3.8, 4) is 17.2 Å². The summed E-state index contributed by atoms with van der Waals surface area (Å²) in [5, 5.41) is 31.8. The number of hydrogen-bond donors (Lipinski definition) is 3. The van der Waals surface area contributed by atoms with E-state index in [1.165, 1.54) is 14.1 Å². The molecule has 3 N–H and O–H groups in total. The van der Waals surface area contributed by atoms with Gasteiger partial charge in [0.2, 0.25) is 15.8 Å². The van der Waals surface area contributed by atoms with Crippen LogP contribution in [0.15, 0.2) is 53.4 Å². The maximum atomic E-state index is 13.7. The Hall–Kier alpha value is -4.09. The minimum absolute atomic E-state index is 0.0881. The summed E-state index contributed by atoms with van der Waals surface area (Å²) in [5.41, 5.74) is 3.12. The highest BCUT2D eigenvalue weighted by molar-refractivity contribution is 7.89. The van der Waals surface area contributed by atoms with Crippen LogP contribution in [0.4, 0.5) is 0 Å². The smallest absolute Gasteiger partial charge is 0.258 e. The molecule has 2 amide bonds. The van der Waals surface area contributed by atoms with Crippen molar-refractivity contribution in [2.45, 2.75) is 50.1 Å². The van der Waals surface area contributed by atoms with Crippen LogP contribution < -0.4 is 0 Å². The zero-order valence-electron chi connectivity index (χ0n) is 23.1. The van der Waals surface area contributed by atoms with Crippen LogP contribution in [0, 0.1) is 0 Å². The zero-order chi connectivity index (χ0) is 29.6. The third kappa shape index (κ3) is 4.96. The Labute approximate surface area is 244 Å². The molecule has 42 heavy (non-hydrogen) atoms. The lowest BCUT2D eigenvalue weighted by atomic mass is 9.97. The number of piperidine rings is 1. The van der Waals surface area contributed by atoms with Gasteiger partial charge in [-0.3, -0.25) is 9.59 Å². The zero-order valence-corrected chi connectivity index (χ0v) is 23.9. The van der Waals surface area contributed by atoms with E-state index in [4.69, 9.17) is 0 Å². The lowest BCUT2D eigenvalue weighted by Crippen LogP contribution is -2.38. The van der Waals surface area contributed by atoms with Gasteiger partial charge in [-0.25, -0.2) is 8.42 Å². The summed E-state index contributed by atoms with van der Waals surface area (Å²) in [5.74, 6) is -3.75. The molecule has 0 radical (unpaired) electrons.